The Balaban J connectivity index is 4.38. The molecule has 0 aromatic heterocycles. The summed E-state index contributed by atoms with van der Waals surface area (Å²) in [5.41, 5.74) is 0. The Morgan fingerprint density at radius 3 is 2.11 bits per heavy atom. The van der Waals surface area contributed by atoms with Gasteiger partial charge >= 0.3 is 5.97 Å². The molecule has 1 N–H and O–H groups in total. The fraction of sp³-hybridized carbons (Fsp3) is 0.933. The molecule has 114 valence electrons. The number of unbranched alkanes of at least 4 members (excludes halogenated alkanes) is 2. The molecule has 4 heteroatoms. The Morgan fingerprint density at radius 1 is 1.11 bits per heavy atom. The number of hydrogen-bond donors (Lipinski definition) is 1. The van der Waals surface area contributed by atoms with Gasteiger partial charge in [-0.05, 0) is 39.4 Å². The number of nitrogens with zero attached hydrogens (tertiary/aromatic N) is 1. The highest BCUT2D eigenvalue weighted by Gasteiger charge is 2.21. The highest BCUT2D eigenvalue weighted by atomic mass is 16.5. The van der Waals surface area contributed by atoms with Crippen LogP contribution in [-0.2, 0) is 9.53 Å². The number of nitrogens with one attached hydrogen (secondary N) is 1. The molecule has 0 radical (unpaired) electrons. The van der Waals surface area contributed by atoms with Crippen molar-refractivity contribution >= 4 is 5.97 Å². The third kappa shape index (κ3) is 9.00. The van der Waals surface area contributed by atoms with E-state index >= 15 is 0 Å². The molecule has 0 bridgehead atoms. The molecule has 0 fully saturated rings. The molecule has 0 saturated carbocycles. The van der Waals surface area contributed by atoms with E-state index < -0.39 is 0 Å². The van der Waals surface area contributed by atoms with Crippen LogP contribution in [0.2, 0.25) is 0 Å². The first-order chi connectivity index (χ1) is 9.19. The summed E-state index contributed by atoms with van der Waals surface area (Å²) in [6.07, 6.45) is 4.75. The second kappa shape index (κ2) is 12.4. The molecule has 0 rings (SSSR count). The molecule has 1 unspecified atom stereocenters. The van der Waals surface area contributed by atoms with Crippen molar-refractivity contribution in [3.8, 4) is 0 Å². The molecule has 4 nitrogen and oxygen atoms in total. The van der Waals surface area contributed by atoms with E-state index in [9.17, 15) is 4.79 Å². The van der Waals surface area contributed by atoms with Crippen molar-refractivity contribution in [3.63, 3.8) is 0 Å². The Hall–Kier alpha value is -0.610. The van der Waals surface area contributed by atoms with Crippen LogP contribution in [0, 0.1) is 0 Å². The minimum Gasteiger partial charge on any atom is -0.465 e. The van der Waals surface area contributed by atoms with Crippen LogP contribution in [0.25, 0.3) is 0 Å². The van der Waals surface area contributed by atoms with Crippen LogP contribution in [0.5, 0.6) is 0 Å². The standard InChI is InChI=1S/C15H32N2O2/c1-5-9-11-17(12-10-6-2)13-14(16-7-3)15(18)19-8-4/h14,16H,5-13H2,1-4H3. The van der Waals surface area contributed by atoms with Gasteiger partial charge in [-0.15, -0.1) is 0 Å². The van der Waals surface area contributed by atoms with Gasteiger partial charge in [0.05, 0.1) is 6.61 Å². The van der Waals surface area contributed by atoms with Crippen molar-refractivity contribution in [1.82, 2.24) is 10.2 Å². The van der Waals surface area contributed by atoms with Gasteiger partial charge in [0.15, 0.2) is 0 Å². The van der Waals surface area contributed by atoms with E-state index in [1.807, 2.05) is 13.8 Å². The van der Waals surface area contributed by atoms with Crippen molar-refractivity contribution in [1.29, 1.82) is 0 Å². The van der Waals surface area contributed by atoms with Crippen molar-refractivity contribution in [2.45, 2.75) is 59.4 Å². The van der Waals surface area contributed by atoms with Gasteiger partial charge in [0, 0.05) is 6.54 Å². The molecule has 0 aliphatic rings. The van der Waals surface area contributed by atoms with Crippen molar-refractivity contribution in [3.05, 3.63) is 0 Å². The first-order valence-corrected chi connectivity index (χ1v) is 7.81. The topological polar surface area (TPSA) is 41.6 Å². The van der Waals surface area contributed by atoms with Crippen LogP contribution in [0.1, 0.15) is 53.4 Å². The van der Waals surface area contributed by atoms with Gasteiger partial charge in [0.2, 0.25) is 0 Å². The summed E-state index contributed by atoms with van der Waals surface area (Å²) in [6, 6.07) is -0.196. The second-order valence-corrected chi connectivity index (χ2v) is 4.87. The van der Waals surface area contributed by atoms with Crippen LogP contribution in [-0.4, -0.2) is 49.7 Å². The number of esters is 1. The molecular formula is C15H32N2O2. The van der Waals surface area contributed by atoms with E-state index in [0.29, 0.717) is 6.61 Å². The van der Waals surface area contributed by atoms with Gasteiger partial charge in [0.25, 0.3) is 0 Å². The average Bonchev–Trinajstić information content (AvgIpc) is 2.41. The average molecular weight is 272 g/mol. The summed E-state index contributed by atoms with van der Waals surface area (Å²) in [4.78, 5) is 14.3. The van der Waals surface area contributed by atoms with E-state index in [1.54, 1.807) is 0 Å². The molecule has 0 amide bonds. The van der Waals surface area contributed by atoms with Gasteiger partial charge < -0.3 is 15.0 Å². The molecule has 0 aliphatic heterocycles. The van der Waals surface area contributed by atoms with Crippen LogP contribution in [0.3, 0.4) is 0 Å². The SMILES string of the molecule is CCCCN(CCCC)CC(NCC)C(=O)OCC. The van der Waals surface area contributed by atoms with Crippen LogP contribution in [0.4, 0.5) is 0 Å². The normalized spacial score (nSPS) is 12.7. The summed E-state index contributed by atoms with van der Waals surface area (Å²) in [7, 11) is 0. The number of ether oxygens (including phenoxy) is 1. The summed E-state index contributed by atoms with van der Waals surface area (Å²) in [5.74, 6) is -0.123. The summed E-state index contributed by atoms with van der Waals surface area (Å²) >= 11 is 0. The molecule has 19 heavy (non-hydrogen) atoms. The van der Waals surface area contributed by atoms with E-state index in [-0.39, 0.29) is 12.0 Å². The fourth-order valence-corrected chi connectivity index (χ4v) is 2.03. The highest BCUT2D eigenvalue weighted by Crippen LogP contribution is 2.02. The maximum atomic E-state index is 11.9. The molecular weight excluding hydrogens is 240 g/mol. The lowest BCUT2D eigenvalue weighted by atomic mass is 10.2. The Bertz CT molecular complexity index is 214. The predicted molar refractivity (Wildman–Crippen MR) is 80.4 cm³/mol. The van der Waals surface area contributed by atoms with Gasteiger partial charge in [-0.1, -0.05) is 33.6 Å². The Kier molecular flexibility index (Phi) is 12.0. The summed E-state index contributed by atoms with van der Waals surface area (Å²) < 4.78 is 5.14. The largest absolute Gasteiger partial charge is 0.465 e. The third-order valence-electron chi connectivity index (χ3n) is 3.12. The molecule has 0 aromatic carbocycles. The van der Waals surface area contributed by atoms with E-state index in [1.165, 1.54) is 25.7 Å². The van der Waals surface area contributed by atoms with Crippen molar-refractivity contribution in [2.24, 2.45) is 0 Å². The maximum Gasteiger partial charge on any atom is 0.324 e. The minimum absolute atomic E-state index is 0.123. The highest BCUT2D eigenvalue weighted by molar-refractivity contribution is 5.76. The van der Waals surface area contributed by atoms with Crippen LogP contribution < -0.4 is 5.32 Å². The van der Waals surface area contributed by atoms with Crippen molar-refractivity contribution < 1.29 is 9.53 Å². The first kappa shape index (κ1) is 18.4. The van der Waals surface area contributed by atoms with E-state index in [4.69, 9.17) is 4.74 Å². The molecule has 0 saturated heterocycles. The zero-order valence-electron chi connectivity index (χ0n) is 13.2. The van der Waals surface area contributed by atoms with Crippen molar-refractivity contribution in [2.75, 3.05) is 32.8 Å². The monoisotopic (exact) mass is 272 g/mol. The molecule has 1 atom stereocenters. The Labute approximate surface area is 118 Å². The molecule has 0 aliphatic carbocycles. The Morgan fingerprint density at radius 2 is 1.68 bits per heavy atom. The van der Waals surface area contributed by atoms with E-state index in [2.05, 4.69) is 24.1 Å². The minimum atomic E-state index is -0.196. The number of carbonyl (C=O) groups excluding carboxylic acids is 1. The lowest BCUT2D eigenvalue weighted by molar-refractivity contribution is -0.146. The zero-order valence-corrected chi connectivity index (χ0v) is 13.2. The number of likely N-dealkylation sites (N-methyl/N-ethyl adjacent to an activating group) is 1. The summed E-state index contributed by atoms with van der Waals surface area (Å²) in [6.45, 7) is 12.4. The lowest BCUT2D eigenvalue weighted by Crippen LogP contribution is -2.47. The molecule has 0 heterocycles. The van der Waals surface area contributed by atoms with Gasteiger partial charge in [-0.3, -0.25) is 4.79 Å². The fourth-order valence-electron chi connectivity index (χ4n) is 2.03. The van der Waals surface area contributed by atoms with Crippen LogP contribution in [0.15, 0.2) is 0 Å². The molecule has 0 spiro atoms. The van der Waals surface area contributed by atoms with Gasteiger partial charge in [0.1, 0.15) is 6.04 Å². The first-order valence-electron chi connectivity index (χ1n) is 7.81. The zero-order chi connectivity index (χ0) is 14.5. The third-order valence-corrected chi connectivity index (χ3v) is 3.12. The van der Waals surface area contributed by atoms with Gasteiger partial charge in [-0.2, -0.15) is 0 Å². The second-order valence-electron chi connectivity index (χ2n) is 4.87. The van der Waals surface area contributed by atoms with E-state index in [0.717, 1.165) is 26.2 Å². The predicted octanol–water partition coefficient (Wildman–Crippen LogP) is 2.43. The molecule has 0 aromatic rings. The quantitative estimate of drug-likeness (QED) is 0.554. The maximum absolute atomic E-state index is 11.9. The van der Waals surface area contributed by atoms with Gasteiger partial charge in [-0.25, -0.2) is 0 Å². The number of carbonyl (C=O) groups is 1. The summed E-state index contributed by atoms with van der Waals surface area (Å²) in [5, 5.41) is 3.23. The lowest BCUT2D eigenvalue weighted by Gasteiger charge is -2.26. The number of hydrogen-bond acceptors (Lipinski definition) is 4. The van der Waals surface area contributed by atoms with Crippen LogP contribution >= 0.6 is 0 Å². The smallest absolute Gasteiger partial charge is 0.324 e. The number of rotatable bonds is 12.